The lowest BCUT2D eigenvalue weighted by molar-refractivity contribution is 0.0342. The van der Waals surface area contributed by atoms with Crippen LogP contribution in [-0.2, 0) is 11.3 Å². The van der Waals surface area contributed by atoms with Crippen LogP contribution in [0.5, 0.6) is 0 Å². The zero-order valence-corrected chi connectivity index (χ0v) is 17.8. The summed E-state index contributed by atoms with van der Waals surface area (Å²) in [4.78, 5) is 2.26. The van der Waals surface area contributed by atoms with E-state index in [1.807, 2.05) is 0 Å². The molecule has 1 aromatic heterocycles. The van der Waals surface area contributed by atoms with Gasteiger partial charge in [0, 0.05) is 42.4 Å². The highest BCUT2D eigenvalue weighted by molar-refractivity contribution is 5.69. The molecule has 4 nitrogen and oxygen atoms in total. The molecule has 0 aliphatic carbocycles. The third-order valence-corrected chi connectivity index (χ3v) is 5.83. The van der Waals surface area contributed by atoms with Gasteiger partial charge in [-0.2, -0.15) is 5.10 Å². The minimum atomic E-state index is -0.623. The van der Waals surface area contributed by atoms with Gasteiger partial charge in [-0.05, 0) is 42.0 Å². The van der Waals surface area contributed by atoms with Gasteiger partial charge in [-0.3, -0.25) is 4.90 Å². The van der Waals surface area contributed by atoms with Crippen LogP contribution in [0, 0.1) is 17.5 Å². The van der Waals surface area contributed by atoms with E-state index in [1.165, 1.54) is 18.2 Å². The van der Waals surface area contributed by atoms with E-state index in [2.05, 4.69) is 10.00 Å². The maximum Gasteiger partial charge on any atom is 0.133 e. The molecule has 1 aliphatic rings. The number of rotatable bonds is 5. The number of hydrogen-bond donors (Lipinski definition) is 0. The lowest BCUT2D eigenvalue weighted by Gasteiger charge is -2.26. The molecule has 2 heterocycles. The van der Waals surface area contributed by atoms with Gasteiger partial charge in [0.1, 0.15) is 17.5 Å². The van der Waals surface area contributed by atoms with Crippen molar-refractivity contribution in [2.45, 2.75) is 6.54 Å². The molecule has 168 valence electrons. The molecule has 0 bridgehead atoms. The lowest BCUT2D eigenvalue weighted by atomic mass is 10.0. The van der Waals surface area contributed by atoms with Crippen molar-refractivity contribution in [3.63, 3.8) is 0 Å². The highest BCUT2D eigenvalue weighted by Crippen LogP contribution is 2.31. The van der Waals surface area contributed by atoms with Crippen molar-refractivity contribution in [1.29, 1.82) is 0 Å². The average molecular weight is 449 g/mol. The van der Waals surface area contributed by atoms with Crippen molar-refractivity contribution in [2.24, 2.45) is 0 Å². The highest BCUT2D eigenvalue weighted by atomic mass is 19.1. The summed E-state index contributed by atoms with van der Waals surface area (Å²) in [6, 6.07) is 17.3. The Labute approximate surface area is 189 Å². The fraction of sp³-hybridized carbons (Fsp3) is 0.192. The molecule has 0 radical (unpaired) electrons. The predicted molar refractivity (Wildman–Crippen MR) is 120 cm³/mol. The molecule has 0 amide bonds. The predicted octanol–water partition coefficient (Wildman–Crippen LogP) is 5.46. The van der Waals surface area contributed by atoms with E-state index in [4.69, 9.17) is 4.74 Å². The Hall–Kier alpha value is -3.42. The van der Waals surface area contributed by atoms with Crippen molar-refractivity contribution in [3.8, 4) is 28.1 Å². The summed E-state index contributed by atoms with van der Waals surface area (Å²) in [5.74, 6) is -1.57. The second-order valence-electron chi connectivity index (χ2n) is 7.97. The van der Waals surface area contributed by atoms with Gasteiger partial charge in [-0.25, -0.2) is 17.9 Å². The standard InChI is InChI=1S/C26H22F3N3O/c27-20-7-10-22(25(29)15-20)18-5-8-21(9-6-18)32-26(23-3-1-2-4-24(23)28)19(16-30-32)17-31-11-13-33-14-12-31/h1-10,15-16H,11-14,17H2. The van der Waals surface area contributed by atoms with Crippen molar-refractivity contribution >= 4 is 0 Å². The van der Waals surface area contributed by atoms with Gasteiger partial charge in [-0.15, -0.1) is 0 Å². The fourth-order valence-electron chi connectivity index (χ4n) is 4.14. The SMILES string of the molecule is Fc1ccc(-c2ccc(-n3ncc(CN4CCOCC4)c3-c3ccccc3F)cc2)c(F)c1. The summed E-state index contributed by atoms with van der Waals surface area (Å²) in [5, 5.41) is 4.57. The number of halogens is 3. The Balaban J connectivity index is 1.54. The second kappa shape index (κ2) is 9.21. The first-order chi connectivity index (χ1) is 16.1. The van der Waals surface area contributed by atoms with Crippen LogP contribution in [-0.4, -0.2) is 41.0 Å². The van der Waals surface area contributed by atoms with Crippen LogP contribution in [0.15, 0.2) is 72.9 Å². The minimum absolute atomic E-state index is 0.311. The summed E-state index contributed by atoms with van der Waals surface area (Å²) in [6.07, 6.45) is 1.77. The summed E-state index contributed by atoms with van der Waals surface area (Å²) >= 11 is 0. The number of aromatic nitrogens is 2. The maximum atomic E-state index is 14.8. The Morgan fingerprint density at radius 3 is 2.30 bits per heavy atom. The molecule has 1 aliphatic heterocycles. The molecule has 5 rings (SSSR count). The minimum Gasteiger partial charge on any atom is -0.379 e. The van der Waals surface area contributed by atoms with Crippen LogP contribution < -0.4 is 0 Å². The molecule has 7 heteroatoms. The molecule has 0 saturated carbocycles. The van der Waals surface area contributed by atoms with Crippen LogP contribution in [0.3, 0.4) is 0 Å². The van der Waals surface area contributed by atoms with Gasteiger partial charge >= 0.3 is 0 Å². The number of hydrogen-bond acceptors (Lipinski definition) is 3. The molecule has 0 spiro atoms. The first-order valence-electron chi connectivity index (χ1n) is 10.8. The van der Waals surface area contributed by atoms with Crippen molar-refractivity contribution in [3.05, 3.63) is 95.9 Å². The zero-order valence-electron chi connectivity index (χ0n) is 17.8. The molecule has 3 aromatic carbocycles. The Morgan fingerprint density at radius 1 is 0.818 bits per heavy atom. The van der Waals surface area contributed by atoms with E-state index < -0.39 is 11.6 Å². The normalized spacial score (nSPS) is 14.5. The van der Waals surface area contributed by atoms with Gasteiger partial charge in [0.15, 0.2) is 0 Å². The Bertz CT molecular complexity index is 1260. The topological polar surface area (TPSA) is 30.3 Å². The third kappa shape index (κ3) is 4.42. The largest absolute Gasteiger partial charge is 0.379 e. The van der Waals surface area contributed by atoms with Gasteiger partial charge in [0.2, 0.25) is 0 Å². The monoisotopic (exact) mass is 449 g/mol. The van der Waals surface area contributed by atoms with Crippen molar-refractivity contribution in [1.82, 2.24) is 14.7 Å². The fourth-order valence-corrected chi connectivity index (χ4v) is 4.14. The summed E-state index contributed by atoms with van der Waals surface area (Å²) < 4.78 is 49.4. The maximum absolute atomic E-state index is 14.8. The van der Waals surface area contributed by atoms with Crippen molar-refractivity contribution in [2.75, 3.05) is 26.3 Å². The molecule has 4 aromatic rings. The molecule has 1 fully saturated rings. The van der Waals surface area contributed by atoms with Crippen LogP contribution in [0.1, 0.15) is 5.56 Å². The van der Waals surface area contributed by atoms with E-state index in [-0.39, 0.29) is 5.82 Å². The lowest BCUT2D eigenvalue weighted by Crippen LogP contribution is -2.35. The number of benzene rings is 3. The van der Waals surface area contributed by atoms with E-state index in [1.54, 1.807) is 53.3 Å². The summed E-state index contributed by atoms with van der Waals surface area (Å²) in [5.41, 5.74) is 3.70. The average Bonchev–Trinajstić information content (AvgIpc) is 3.23. The highest BCUT2D eigenvalue weighted by Gasteiger charge is 2.20. The quantitative estimate of drug-likeness (QED) is 0.406. The van der Waals surface area contributed by atoms with Gasteiger partial charge in [0.05, 0.1) is 30.8 Å². The van der Waals surface area contributed by atoms with E-state index in [0.29, 0.717) is 47.8 Å². The molecular weight excluding hydrogens is 427 g/mol. The van der Waals surface area contributed by atoms with Gasteiger partial charge in [0.25, 0.3) is 0 Å². The number of morpholine rings is 1. The Morgan fingerprint density at radius 2 is 1.58 bits per heavy atom. The zero-order chi connectivity index (χ0) is 22.8. The molecule has 0 N–H and O–H groups in total. The smallest absolute Gasteiger partial charge is 0.133 e. The second-order valence-corrected chi connectivity index (χ2v) is 7.97. The number of nitrogens with zero attached hydrogens (tertiary/aromatic N) is 3. The van der Waals surface area contributed by atoms with E-state index >= 15 is 0 Å². The van der Waals surface area contributed by atoms with Crippen molar-refractivity contribution < 1.29 is 17.9 Å². The molecule has 0 unspecified atom stereocenters. The molecule has 33 heavy (non-hydrogen) atoms. The third-order valence-electron chi connectivity index (χ3n) is 5.83. The Kier molecular flexibility index (Phi) is 5.98. The van der Waals surface area contributed by atoms with E-state index in [9.17, 15) is 13.2 Å². The van der Waals surface area contributed by atoms with Crippen LogP contribution in [0.25, 0.3) is 28.1 Å². The summed E-state index contributed by atoms with van der Waals surface area (Å²) in [7, 11) is 0. The van der Waals surface area contributed by atoms with Crippen LogP contribution in [0.4, 0.5) is 13.2 Å². The molecular formula is C26H22F3N3O. The van der Waals surface area contributed by atoms with Gasteiger partial charge < -0.3 is 4.74 Å². The first-order valence-corrected chi connectivity index (χ1v) is 10.8. The first kappa shape index (κ1) is 21.4. The number of ether oxygens (including phenoxy) is 1. The summed E-state index contributed by atoms with van der Waals surface area (Å²) in [6.45, 7) is 3.58. The molecule has 1 saturated heterocycles. The van der Waals surface area contributed by atoms with Gasteiger partial charge in [-0.1, -0.05) is 24.3 Å². The van der Waals surface area contributed by atoms with Crippen LogP contribution in [0.2, 0.25) is 0 Å². The van der Waals surface area contributed by atoms with Crippen LogP contribution >= 0.6 is 0 Å². The van der Waals surface area contributed by atoms with E-state index in [0.717, 1.165) is 24.7 Å². The molecule has 0 atom stereocenters.